The van der Waals surface area contributed by atoms with Crippen LogP contribution in [0.25, 0.3) is 11.6 Å². The minimum absolute atomic E-state index is 0.171. The Morgan fingerprint density at radius 1 is 1.10 bits per heavy atom. The van der Waals surface area contributed by atoms with Crippen LogP contribution in [0.2, 0.25) is 0 Å². The van der Waals surface area contributed by atoms with E-state index in [-0.39, 0.29) is 5.56 Å². The highest BCUT2D eigenvalue weighted by atomic mass is 16.5. The van der Waals surface area contributed by atoms with E-state index in [0.29, 0.717) is 24.0 Å². The second-order valence-electron chi connectivity index (χ2n) is 4.85. The molecule has 0 spiro atoms. The molecule has 6 nitrogen and oxygen atoms in total. The van der Waals surface area contributed by atoms with Gasteiger partial charge in [0.1, 0.15) is 5.69 Å². The standard InChI is InChI=1S/C15H14N4O2/c1-10-3-5-12(6-4-10)9-19-14(20)8-7-13(17-19)15-16-11(2)18-21-15/h3-8H,9H2,1-2H3. The lowest BCUT2D eigenvalue weighted by Gasteiger charge is -2.05. The SMILES string of the molecule is Cc1ccc(Cn2nc(-c3nc(C)no3)ccc2=O)cc1. The molecule has 0 aliphatic heterocycles. The minimum atomic E-state index is -0.171. The van der Waals surface area contributed by atoms with E-state index in [0.717, 1.165) is 5.56 Å². The average molecular weight is 282 g/mol. The molecule has 0 N–H and O–H groups in total. The minimum Gasteiger partial charge on any atom is -0.332 e. The number of benzene rings is 1. The summed E-state index contributed by atoms with van der Waals surface area (Å²) in [6, 6.07) is 11.0. The van der Waals surface area contributed by atoms with Crippen LogP contribution in [-0.4, -0.2) is 19.9 Å². The molecule has 0 unspecified atom stereocenters. The van der Waals surface area contributed by atoms with Crippen molar-refractivity contribution in [1.82, 2.24) is 19.9 Å². The highest BCUT2D eigenvalue weighted by molar-refractivity contribution is 5.44. The first-order valence-corrected chi connectivity index (χ1v) is 6.56. The van der Waals surface area contributed by atoms with E-state index in [1.165, 1.54) is 16.3 Å². The summed E-state index contributed by atoms with van der Waals surface area (Å²) in [4.78, 5) is 16.0. The zero-order chi connectivity index (χ0) is 14.8. The van der Waals surface area contributed by atoms with Gasteiger partial charge in [-0.2, -0.15) is 10.1 Å². The molecule has 0 amide bonds. The number of nitrogens with zero attached hydrogens (tertiary/aromatic N) is 4. The maximum Gasteiger partial charge on any atom is 0.278 e. The number of hydrogen-bond donors (Lipinski definition) is 0. The summed E-state index contributed by atoms with van der Waals surface area (Å²) in [6.45, 7) is 4.15. The van der Waals surface area contributed by atoms with Crippen LogP contribution in [0.4, 0.5) is 0 Å². The molecule has 0 aliphatic carbocycles. The van der Waals surface area contributed by atoms with Gasteiger partial charge in [-0.05, 0) is 25.5 Å². The molecule has 3 aromatic rings. The fourth-order valence-corrected chi connectivity index (χ4v) is 1.94. The van der Waals surface area contributed by atoms with Gasteiger partial charge in [0.25, 0.3) is 11.4 Å². The van der Waals surface area contributed by atoms with Crippen molar-refractivity contribution in [3.63, 3.8) is 0 Å². The van der Waals surface area contributed by atoms with Crippen LogP contribution in [0.1, 0.15) is 17.0 Å². The second kappa shape index (κ2) is 5.32. The summed E-state index contributed by atoms with van der Waals surface area (Å²) in [5.74, 6) is 0.841. The molecular formula is C15H14N4O2. The van der Waals surface area contributed by atoms with Gasteiger partial charge in [-0.3, -0.25) is 4.79 Å². The molecule has 0 saturated heterocycles. The Bertz CT molecular complexity index is 818. The van der Waals surface area contributed by atoms with Gasteiger partial charge in [-0.25, -0.2) is 4.68 Å². The zero-order valence-corrected chi connectivity index (χ0v) is 11.8. The number of aryl methyl sites for hydroxylation is 2. The van der Waals surface area contributed by atoms with E-state index in [9.17, 15) is 4.79 Å². The molecule has 1 aromatic carbocycles. The van der Waals surface area contributed by atoms with Crippen molar-refractivity contribution in [1.29, 1.82) is 0 Å². The third-order valence-corrected chi connectivity index (χ3v) is 3.07. The topological polar surface area (TPSA) is 73.8 Å². The van der Waals surface area contributed by atoms with Crippen molar-refractivity contribution < 1.29 is 4.52 Å². The smallest absolute Gasteiger partial charge is 0.278 e. The zero-order valence-electron chi connectivity index (χ0n) is 11.8. The Kier molecular flexibility index (Phi) is 3.35. The predicted molar refractivity (Wildman–Crippen MR) is 76.8 cm³/mol. The lowest BCUT2D eigenvalue weighted by atomic mass is 10.1. The van der Waals surface area contributed by atoms with Crippen LogP contribution >= 0.6 is 0 Å². The molecule has 3 rings (SSSR count). The highest BCUT2D eigenvalue weighted by Crippen LogP contribution is 2.12. The molecule has 106 valence electrons. The third kappa shape index (κ3) is 2.89. The van der Waals surface area contributed by atoms with Crippen molar-refractivity contribution in [2.45, 2.75) is 20.4 Å². The normalized spacial score (nSPS) is 10.8. The Balaban J connectivity index is 1.94. The molecule has 0 fully saturated rings. The average Bonchev–Trinajstić information content (AvgIpc) is 2.90. The Morgan fingerprint density at radius 3 is 2.52 bits per heavy atom. The Hall–Kier alpha value is -2.76. The number of rotatable bonds is 3. The summed E-state index contributed by atoms with van der Waals surface area (Å²) in [5, 5.41) is 8.01. The molecule has 2 heterocycles. The van der Waals surface area contributed by atoms with Gasteiger partial charge >= 0.3 is 0 Å². The lowest BCUT2D eigenvalue weighted by Crippen LogP contribution is -2.22. The maximum atomic E-state index is 11.9. The van der Waals surface area contributed by atoms with Gasteiger partial charge in [-0.15, -0.1) is 0 Å². The monoisotopic (exact) mass is 282 g/mol. The molecule has 0 atom stereocenters. The van der Waals surface area contributed by atoms with Crippen LogP contribution in [0.5, 0.6) is 0 Å². The van der Waals surface area contributed by atoms with Crippen molar-refractivity contribution in [3.05, 3.63) is 63.7 Å². The summed E-state index contributed by atoms with van der Waals surface area (Å²) in [6.07, 6.45) is 0. The van der Waals surface area contributed by atoms with Crippen molar-refractivity contribution in [2.24, 2.45) is 0 Å². The summed E-state index contributed by atoms with van der Waals surface area (Å²) in [7, 11) is 0. The number of aromatic nitrogens is 4. The molecule has 2 aromatic heterocycles. The van der Waals surface area contributed by atoms with Crippen molar-refractivity contribution in [3.8, 4) is 11.6 Å². The van der Waals surface area contributed by atoms with Crippen LogP contribution < -0.4 is 5.56 Å². The first kappa shape index (κ1) is 13.2. The summed E-state index contributed by atoms with van der Waals surface area (Å²) in [5.41, 5.74) is 2.50. The molecule has 0 saturated carbocycles. The molecular weight excluding hydrogens is 268 g/mol. The third-order valence-electron chi connectivity index (χ3n) is 3.07. The summed E-state index contributed by atoms with van der Waals surface area (Å²) < 4.78 is 6.46. The fourth-order valence-electron chi connectivity index (χ4n) is 1.94. The second-order valence-corrected chi connectivity index (χ2v) is 4.85. The maximum absolute atomic E-state index is 11.9. The van der Waals surface area contributed by atoms with E-state index in [4.69, 9.17) is 4.52 Å². The fraction of sp³-hybridized carbons (Fsp3) is 0.200. The first-order valence-electron chi connectivity index (χ1n) is 6.56. The van der Waals surface area contributed by atoms with E-state index in [2.05, 4.69) is 15.2 Å². The quantitative estimate of drug-likeness (QED) is 0.734. The Labute approximate surface area is 121 Å². The predicted octanol–water partition coefficient (Wildman–Crippen LogP) is 1.96. The largest absolute Gasteiger partial charge is 0.332 e. The molecule has 6 heteroatoms. The van der Waals surface area contributed by atoms with Crippen molar-refractivity contribution >= 4 is 0 Å². The molecule has 0 bridgehead atoms. The van der Waals surface area contributed by atoms with Gasteiger partial charge in [0, 0.05) is 6.07 Å². The lowest BCUT2D eigenvalue weighted by molar-refractivity contribution is 0.422. The van der Waals surface area contributed by atoms with Crippen LogP contribution in [-0.2, 0) is 6.54 Å². The van der Waals surface area contributed by atoms with Gasteiger partial charge in [0.15, 0.2) is 5.82 Å². The van der Waals surface area contributed by atoms with Gasteiger partial charge in [0.2, 0.25) is 0 Å². The van der Waals surface area contributed by atoms with Gasteiger partial charge < -0.3 is 4.52 Å². The number of hydrogen-bond acceptors (Lipinski definition) is 5. The first-order chi connectivity index (χ1) is 10.1. The van der Waals surface area contributed by atoms with Crippen LogP contribution in [0.15, 0.2) is 45.7 Å². The van der Waals surface area contributed by atoms with Crippen LogP contribution in [0.3, 0.4) is 0 Å². The highest BCUT2D eigenvalue weighted by Gasteiger charge is 2.10. The summed E-state index contributed by atoms with van der Waals surface area (Å²) >= 11 is 0. The van der Waals surface area contributed by atoms with E-state index >= 15 is 0 Å². The van der Waals surface area contributed by atoms with E-state index in [1.807, 2.05) is 31.2 Å². The van der Waals surface area contributed by atoms with E-state index in [1.54, 1.807) is 13.0 Å². The van der Waals surface area contributed by atoms with E-state index < -0.39 is 0 Å². The van der Waals surface area contributed by atoms with Gasteiger partial charge in [0.05, 0.1) is 6.54 Å². The Morgan fingerprint density at radius 2 is 1.86 bits per heavy atom. The van der Waals surface area contributed by atoms with Gasteiger partial charge in [-0.1, -0.05) is 35.0 Å². The molecule has 0 radical (unpaired) electrons. The van der Waals surface area contributed by atoms with Crippen LogP contribution in [0, 0.1) is 13.8 Å². The molecule has 21 heavy (non-hydrogen) atoms. The molecule has 0 aliphatic rings. The van der Waals surface area contributed by atoms with Crippen molar-refractivity contribution in [2.75, 3.05) is 0 Å².